The Morgan fingerprint density at radius 2 is 1.87 bits per heavy atom. The fourth-order valence-electron chi connectivity index (χ4n) is 2.92. The van der Waals surface area contributed by atoms with Crippen LogP contribution in [0.1, 0.15) is 24.5 Å². The van der Waals surface area contributed by atoms with Crippen molar-refractivity contribution in [3.05, 3.63) is 69.6 Å². The molecule has 2 aromatic carbocycles. The van der Waals surface area contributed by atoms with Crippen molar-refractivity contribution in [1.82, 2.24) is 4.90 Å². The maximum atomic E-state index is 12.8. The van der Waals surface area contributed by atoms with E-state index in [4.69, 9.17) is 11.6 Å². The molecule has 3 rings (SSSR count). The summed E-state index contributed by atoms with van der Waals surface area (Å²) in [4.78, 5) is 38.4. The third-order valence-corrected chi connectivity index (χ3v) is 5.52. The predicted octanol–water partition coefficient (Wildman–Crippen LogP) is 5.81. The molecule has 162 valence electrons. The first kappa shape index (κ1) is 22.9. The number of rotatable bonds is 5. The Morgan fingerprint density at radius 1 is 1.19 bits per heavy atom. The molecular formula is C21H16ClF3N2O3S. The van der Waals surface area contributed by atoms with E-state index >= 15 is 0 Å². The predicted molar refractivity (Wildman–Crippen MR) is 113 cm³/mol. The molecule has 3 amide bonds. The highest BCUT2D eigenvalue weighted by atomic mass is 35.5. The highest BCUT2D eigenvalue weighted by molar-refractivity contribution is 8.18. The number of carbonyl (C=O) groups is 3. The Kier molecular flexibility index (Phi) is 6.76. The molecule has 10 heteroatoms. The smallest absolute Gasteiger partial charge is 0.326 e. The lowest BCUT2D eigenvalue weighted by atomic mass is 10.1. The third-order valence-electron chi connectivity index (χ3n) is 4.39. The number of hydrogen-bond acceptors (Lipinski definition) is 4. The maximum Gasteiger partial charge on any atom is 0.416 e. The molecule has 0 spiro atoms. The minimum atomic E-state index is -4.54. The normalized spacial score (nSPS) is 16.7. The molecule has 1 unspecified atom stereocenters. The number of halogens is 4. The van der Waals surface area contributed by atoms with E-state index in [-0.39, 0.29) is 17.0 Å². The summed E-state index contributed by atoms with van der Waals surface area (Å²) in [6.45, 7) is 1.52. The topological polar surface area (TPSA) is 66.5 Å². The SMILES string of the molecule is CC(CC(=O)Nc1cccc(C(F)(F)F)c1)N1C(=O)S/C(=C\c2ccc(Cl)cc2)C1=O. The van der Waals surface area contributed by atoms with Crippen LogP contribution in [0.25, 0.3) is 6.08 Å². The second-order valence-corrected chi connectivity index (χ2v) is 8.21. The summed E-state index contributed by atoms with van der Waals surface area (Å²) in [5.74, 6) is -1.16. The van der Waals surface area contributed by atoms with E-state index in [9.17, 15) is 27.6 Å². The van der Waals surface area contributed by atoms with Gasteiger partial charge in [0.2, 0.25) is 5.91 Å². The van der Waals surface area contributed by atoms with Crippen LogP contribution in [0, 0.1) is 0 Å². The van der Waals surface area contributed by atoms with Gasteiger partial charge in [-0.05, 0) is 60.7 Å². The second kappa shape index (κ2) is 9.15. The summed E-state index contributed by atoms with van der Waals surface area (Å²) < 4.78 is 38.4. The number of nitrogens with one attached hydrogen (secondary N) is 1. The third kappa shape index (κ3) is 5.68. The largest absolute Gasteiger partial charge is 0.416 e. The van der Waals surface area contributed by atoms with Crippen LogP contribution in [-0.2, 0) is 15.8 Å². The number of imide groups is 1. The number of nitrogens with zero attached hydrogens (tertiary/aromatic N) is 1. The molecule has 31 heavy (non-hydrogen) atoms. The van der Waals surface area contributed by atoms with Crippen molar-refractivity contribution in [2.75, 3.05) is 5.32 Å². The molecule has 1 N–H and O–H groups in total. The van der Waals surface area contributed by atoms with E-state index in [0.717, 1.165) is 28.8 Å². The monoisotopic (exact) mass is 468 g/mol. The average Bonchev–Trinajstić information content (AvgIpc) is 2.96. The van der Waals surface area contributed by atoms with Crippen molar-refractivity contribution in [1.29, 1.82) is 0 Å². The standard InChI is InChI=1S/C21H16ClF3N2O3S/c1-12(9-18(28)26-16-4-2-3-14(11-16)21(23,24)25)27-19(29)17(31-20(27)30)10-13-5-7-15(22)8-6-13/h2-8,10-12H,9H2,1H3,(H,26,28)/b17-10-. The van der Waals surface area contributed by atoms with Crippen molar-refractivity contribution in [3.63, 3.8) is 0 Å². The fraction of sp³-hybridized carbons (Fsp3) is 0.190. The van der Waals surface area contributed by atoms with Crippen LogP contribution in [-0.4, -0.2) is 28.0 Å². The molecule has 1 aliphatic heterocycles. The number of anilines is 1. The quantitative estimate of drug-likeness (QED) is 0.562. The van der Waals surface area contributed by atoms with Gasteiger partial charge in [-0.15, -0.1) is 0 Å². The second-order valence-electron chi connectivity index (χ2n) is 6.78. The molecule has 1 heterocycles. The summed E-state index contributed by atoms with van der Waals surface area (Å²) in [5, 5.41) is 2.38. The van der Waals surface area contributed by atoms with E-state index in [2.05, 4.69) is 5.32 Å². The molecule has 0 saturated carbocycles. The Bertz CT molecular complexity index is 1050. The Morgan fingerprint density at radius 3 is 2.52 bits per heavy atom. The van der Waals surface area contributed by atoms with Gasteiger partial charge in [0.15, 0.2) is 0 Å². The molecule has 1 saturated heterocycles. The number of alkyl halides is 3. The van der Waals surface area contributed by atoms with Gasteiger partial charge in [-0.3, -0.25) is 19.3 Å². The number of amides is 3. The van der Waals surface area contributed by atoms with Crippen molar-refractivity contribution < 1.29 is 27.6 Å². The fourth-order valence-corrected chi connectivity index (χ4v) is 3.97. The first-order chi connectivity index (χ1) is 14.5. The van der Waals surface area contributed by atoms with Crippen LogP contribution < -0.4 is 5.32 Å². The van der Waals surface area contributed by atoms with Gasteiger partial charge in [0, 0.05) is 23.2 Å². The van der Waals surface area contributed by atoms with Crippen molar-refractivity contribution in [2.24, 2.45) is 0 Å². The maximum absolute atomic E-state index is 12.8. The van der Waals surface area contributed by atoms with Crippen LogP contribution in [0.3, 0.4) is 0 Å². The first-order valence-corrected chi connectivity index (χ1v) is 10.2. The zero-order valence-electron chi connectivity index (χ0n) is 16.1. The summed E-state index contributed by atoms with van der Waals surface area (Å²) in [6, 6.07) is 10.1. The molecule has 0 radical (unpaired) electrons. The average molecular weight is 469 g/mol. The van der Waals surface area contributed by atoms with Crippen molar-refractivity contribution in [2.45, 2.75) is 25.6 Å². The number of carbonyl (C=O) groups excluding carboxylic acids is 3. The van der Waals surface area contributed by atoms with Crippen LogP contribution in [0.4, 0.5) is 23.7 Å². The molecule has 1 atom stereocenters. The molecule has 5 nitrogen and oxygen atoms in total. The van der Waals surface area contributed by atoms with Crippen LogP contribution in [0.2, 0.25) is 5.02 Å². The van der Waals surface area contributed by atoms with Crippen LogP contribution in [0.15, 0.2) is 53.4 Å². The molecule has 2 aromatic rings. The Hall–Kier alpha value is -2.78. The van der Waals surface area contributed by atoms with Gasteiger partial charge in [-0.2, -0.15) is 13.2 Å². The zero-order chi connectivity index (χ0) is 22.8. The number of hydrogen-bond donors (Lipinski definition) is 1. The Balaban J connectivity index is 1.66. The molecule has 1 aliphatic rings. The molecule has 0 aliphatic carbocycles. The number of thioether (sulfide) groups is 1. The minimum Gasteiger partial charge on any atom is -0.326 e. The lowest BCUT2D eigenvalue weighted by Crippen LogP contribution is -2.39. The van der Waals surface area contributed by atoms with E-state index < -0.39 is 34.8 Å². The Labute approximate surface area is 185 Å². The van der Waals surface area contributed by atoms with Crippen LogP contribution in [0.5, 0.6) is 0 Å². The molecule has 0 bridgehead atoms. The van der Waals surface area contributed by atoms with E-state index in [1.807, 2.05) is 0 Å². The highest BCUT2D eigenvalue weighted by Crippen LogP contribution is 2.34. The summed E-state index contributed by atoms with van der Waals surface area (Å²) in [5.41, 5.74) is -0.231. The van der Waals surface area contributed by atoms with Gasteiger partial charge in [0.1, 0.15) is 0 Å². The number of benzene rings is 2. The lowest BCUT2D eigenvalue weighted by molar-refractivity contribution is -0.137. The van der Waals surface area contributed by atoms with Gasteiger partial charge < -0.3 is 5.32 Å². The lowest BCUT2D eigenvalue weighted by Gasteiger charge is -2.21. The zero-order valence-corrected chi connectivity index (χ0v) is 17.6. The molecular weight excluding hydrogens is 453 g/mol. The summed E-state index contributed by atoms with van der Waals surface area (Å²) >= 11 is 6.59. The van der Waals surface area contributed by atoms with E-state index in [1.165, 1.54) is 19.1 Å². The molecule has 0 aromatic heterocycles. The van der Waals surface area contributed by atoms with Crippen molar-refractivity contribution in [3.8, 4) is 0 Å². The van der Waals surface area contributed by atoms with Gasteiger partial charge in [0.25, 0.3) is 11.1 Å². The van der Waals surface area contributed by atoms with Gasteiger partial charge in [0.05, 0.1) is 10.5 Å². The highest BCUT2D eigenvalue weighted by Gasteiger charge is 2.39. The van der Waals surface area contributed by atoms with E-state index in [0.29, 0.717) is 10.6 Å². The van der Waals surface area contributed by atoms with Crippen LogP contribution >= 0.6 is 23.4 Å². The van der Waals surface area contributed by atoms with Gasteiger partial charge >= 0.3 is 6.18 Å². The molecule has 1 fully saturated rings. The van der Waals surface area contributed by atoms with Gasteiger partial charge in [-0.25, -0.2) is 0 Å². The first-order valence-electron chi connectivity index (χ1n) is 9.04. The van der Waals surface area contributed by atoms with E-state index in [1.54, 1.807) is 30.3 Å². The summed E-state index contributed by atoms with van der Waals surface area (Å²) in [6.07, 6.45) is -3.24. The minimum absolute atomic E-state index is 0.0243. The van der Waals surface area contributed by atoms with Crippen molar-refractivity contribution >= 4 is 52.2 Å². The van der Waals surface area contributed by atoms with Gasteiger partial charge in [-0.1, -0.05) is 29.8 Å². The summed E-state index contributed by atoms with van der Waals surface area (Å²) in [7, 11) is 0.